The summed E-state index contributed by atoms with van der Waals surface area (Å²) in [6.07, 6.45) is 4.69. The van der Waals surface area contributed by atoms with Crippen LogP contribution in [0, 0.1) is 5.82 Å². The Kier molecular flexibility index (Phi) is 4.36. The van der Waals surface area contributed by atoms with Gasteiger partial charge >= 0.3 is 0 Å². The van der Waals surface area contributed by atoms with Crippen LogP contribution in [0.15, 0.2) is 47.4 Å². The molecule has 3 aromatic rings. The number of carbonyl (C=O) groups is 1. The Balaban J connectivity index is 1.30. The van der Waals surface area contributed by atoms with E-state index in [0.29, 0.717) is 30.5 Å². The van der Waals surface area contributed by atoms with E-state index >= 15 is 0 Å². The standard InChI is InChI=1S/C17H15FN6O2/c18-12-3-1-2-4-13(12)21-15(25)10-24-8-11(9-24)17-22-16(23-26-17)14-7-19-5-6-20-14/h1-7,11H,8-10H2,(H,21,25). The van der Waals surface area contributed by atoms with Gasteiger partial charge in [0.15, 0.2) is 0 Å². The fraction of sp³-hybridized carbons (Fsp3) is 0.235. The zero-order valence-electron chi connectivity index (χ0n) is 13.7. The minimum absolute atomic E-state index is 0.0641. The van der Waals surface area contributed by atoms with Crippen molar-refractivity contribution in [3.8, 4) is 11.5 Å². The normalized spacial score (nSPS) is 14.8. The maximum atomic E-state index is 13.5. The van der Waals surface area contributed by atoms with Gasteiger partial charge in [-0.1, -0.05) is 17.3 Å². The average Bonchev–Trinajstić information content (AvgIpc) is 3.10. The topological polar surface area (TPSA) is 97.0 Å². The second kappa shape index (κ2) is 6.96. The monoisotopic (exact) mass is 354 g/mol. The summed E-state index contributed by atoms with van der Waals surface area (Å²) in [5.74, 6) is 0.249. The highest BCUT2D eigenvalue weighted by Crippen LogP contribution is 2.26. The number of nitrogens with one attached hydrogen (secondary N) is 1. The number of nitrogens with zero attached hydrogens (tertiary/aromatic N) is 5. The quantitative estimate of drug-likeness (QED) is 0.745. The summed E-state index contributed by atoms with van der Waals surface area (Å²) in [6.45, 7) is 1.41. The van der Waals surface area contributed by atoms with Gasteiger partial charge in [-0.25, -0.2) is 9.37 Å². The van der Waals surface area contributed by atoms with Gasteiger partial charge in [-0.15, -0.1) is 0 Å². The first-order valence-corrected chi connectivity index (χ1v) is 8.06. The van der Waals surface area contributed by atoms with Crippen molar-refractivity contribution in [1.82, 2.24) is 25.0 Å². The Bertz CT molecular complexity index is 910. The van der Waals surface area contributed by atoms with Crippen LogP contribution in [-0.2, 0) is 4.79 Å². The lowest BCUT2D eigenvalue weighted by Gasteiger charge is -2.36. The van der Waals surface area contributed by atoms with Crippen molar-refractivity contribution in [1.29, 1.82) is 0 Å². The number of hydrogen-bond acceptors (Lipinski definition) is 7. The van der Waals surface area contributed by atoms with Crippen LogP contribution < -0.4 is 5.32 Å². The number of rotatable bonds is 5. The molecule has 2 aromatic heterocycles. The van der Waals surface area contributed by atoms with Crippen molar-refractivity contribution in [3.63, 3.8) is 0 Å². The van der Waals surface area contributed by atoms with Gasteiger partial charge in [0.05, 0.1) is 24.3 Å². The zero-order chi connectivity index (χ0) is 17.9. The number of amides is 1. The molecule has 1 aromatic carbocycles. The molecule has 3 heterocycles. The van der Waals surface area contributed by atoms with E-state index < -0.39 is 5.82 Å². The lowest BCUT2D eigenvalue weighted by Crippen LogP contribution is -2.48. The van der Waals surface area contributed by atoms with E-state index in [1.54, 1.807) is 30.7 Å². The third kappa shape index (κ3) is 3.42. The van der Waals surface area contributed by atoms with Crippen LogP contribution in [0.3, 0.4) is 0 Å². The smallest absolute Gasteiger partial charge is 0.238 e. The molecule has 1 aliphatic heterocycles. The molecule has 4 rings (SSSR count). The second-order valence-corrected chi connectivity index (χ2v) is 5.97. The summed E-state index contributed by atoms with van der Waals surface area (Å²) >= 11 is 0. The molecule has 0 bridgehead atoms. The van der Waals surface area contributed by atoms with E-state index in [2.05, 4.69) is 25.4 Å². The highest BCUT2D eigenvalue weighted by molar-refractivity contribution is 5.92. The first kappa shape index (κ1) is 16.3. The molecule has 132 valence electrons. The first-order chi connectivity index (χ1) is 12.7. The molecule has 0 aliphatic carbocycles. The Labute approximate surface area is 148 Å². The second-order valence-electron chi connectivity index (χ2n) is 5.97. The van der Waals surface area contributed by atoms with Crippen LogP contribution in [0.2, 0.25) is 0 Å². The summed E-state index contributed by atoms with van der Waals surface area (Å²) in [7, 11) is 0. The lowest BCUT2D eigenvalue weighted by atomic mass is 10.0. The minimum Gasteiger partial charge on any atom is -0.339 e. The van der Waals surface area contributed by atoms with Crippen molar-refractivity contribution < 1.29 is 13.7 Å². The van der Waals surface area contributed by atoms with Crippen LogP contribution in [0.5, 0.6) is 0 Å². The molecule has 9 heteroatoms. The summed E-state index contributed by atoms with van der Waals surface area (Å²) < 4.78 is 18.8. The van der Waals surface area contributed by atoms with Gasteiger partial charge in [-0.3, -0.25) is 14.7 Å². The van der Waals surface area contributed by atoms with Crippen LogP contribution >= 0.6 is 0 Å². The van der Waals surface area contributed by atoms with Crippen molar-refractivity contribution in [2.75, 3.05) is 25.0 Å². The Hall–Kier alpha value is -3.20. The van der Waals surface area contributed by atoms with Crippen LogP contribution in [0.4, 0.5) is 10.1 Å². The molecular formula is C17H15FN6O2. The first-order valence-electron chi connectivity index (χ1n) is 8.06. The molecule has 0 atom stereocenters. The van der Waals surface area contributed by atoms with Gasteiger partial charge in [0.2, 0.25) is 17.6 Å². The Morgan fingerprint density at radius 2 is 2.15 bits per heavy atom. The highest BCUT2D eigenvalue weighted by Gasteiger charge is 2.33. The number of halogens is 1. The SMILES string of the molecule is O=C(CN1CC(c2nc(-c3cnccn3)no2)C1)Nc1ccccc1F. The van der Waals surface area contributed by atoms with Gasteiger partial charge in [0.1, 0.15) is 11.5 Å². The summed E-state index contributed by atoms with van der Waals surface area (Å²) in [4.78, 5) is 26.4. The number of likely N-dealkylation sites (tertiary alicyclic amines) is 1. The number of carbonyl (C=O) groups excluding carboxylic acids is 1. The van der Waals surface area contributed by atoms with Crippen molar-refractivity contribution >= 4 is 11.6 Å². The Morgan fingerprint density at radius 3 is 2.92 bits per heavy atom. The molecule has 1 saturated heterocycles. The van der Waals surface area contributed by atoms with E-state index in [0.717, 1.165) is 0 Å². The third-order valence-electron chi connectivity index (χ3n) is 4.06. The largest absolute Gasteiger partial charge is 0.339 e. The molecule has 0 radical (unpaired) electrons. The molecule has 0 unspecified atom stereocenters. The minimum atomic E-state index is -0.454. The van der Waals surface area contributed by atoms with Crippen LogP contribution in [0.1, 0.15) is 11.8 Å². The molecule has 1 fully saturated rings. The molecule has 1 amide bonds. The van der Waals surface area contributed by atoms with Crippen molar-refractivity contribution in [2.24, 2.45) is 0 Å². The fourth-order valence-electron chi connectivity index (χ4n) is 2.73. The van der Waals surface area contributed by atoms with Gasteiger partial charge in [0.25, 0.3) is 0 Å². The van der Waals surface area contributed by atoms with E-state index in [1.807, 2.05) is 4.90 Å². The maximum absolute atomic E-state index is 13.5. The van der Waals surface area contributed by atoms with E-state index in [9.17, 15) is 9.18 Å². The summed E-state index contributed by atoms with van der Waals surface area (Å²) in [5.41, 5.74) is 0.725. The maximum Gasteiger partial charge on any atom is 0.238 e. The molecule has 8 nitrogen and oxygen atoms in total. The van der Waals surface area contributed by atoms with Crippen LogP contribution in [0.25, 0.3) is 11.5 Å². The number of aromatic nitrogens is 4. The summed E-state index contributed by atoms with van der Waals surface area (Å²) in [6, 6.07) is 6.07. The predicted molar refractivity (Wildman–Crippen MR) is 89.5 cm³/mol. The van der Waals surface area contributed by atoms with E-state index in [4.69, 9.17) is 4.52 Å². The van der Waals surface area contributed by atoms with Crippen LogP contribution in [-0.4, -0.2) is 50.5 Å². The van der Waals surface area contributed by atoms with E-state index in [-0.39, 0.29) is 24.1 Å². The summed E-state index contributed by atoms with van der Waals surface area (Å²) in [5, 5.41) is 6.48. The molecule has 0 spiro atoms. The van der Waals surface area contributed by atoms with E-state index in [1.165, 1.54) is 12.1 Å². The average molecular weight is 354 g/mol. The number of benzene rings is 1. The predicted octanol–water partition coefficient (Wildman–Crippen LogP) is 1.70. The van der Waals surface area contributed by atoms with Crippen molar-refractivity contribution in [2.45, 2.75) is 5.92 Å². The zero-order valence-corrected chi connectivity index (χ0v) is 13.7. The molecule has 1 aliphatic rings. The fourth-order valence-corrected chi connectivity index (χ4v) is 2.73. The van der Waals surface area contributed by atoms with Gasteiger partial charge in [-0.05, 0) is 12.1 Å². The molecule has 0 saturated carbocycles. The highest BCUT2D eigenvalue weighted by atomic mass is 19.1. The Morgan fingerprint density at radius 1 is 1.31 bits per heavy atom. The number of anilines is 1. The lowest BCUT2D eigenvalue weighted by molar-refractivity contribution is -0.118. The number of para-hydroxylation sites is 1. The molecule has 26 heavy (non-hydrogen) atoms. The van der Waals surface area contributed by atoms with Crippen molar-refractivity contribution in [3.05, 3.63) is 54.6 Å². The number of hydrogen-bond donors (Lipinski definition) is 1. The van der Waals surface area contributed by atoms with Gasteiger partial charge in [0, 0.05) is 25.5 Å². The molecular weight excluding hydrogens is 339 g/mol. The van der Waals surface area contributed by atoms with Gasteiger partial charge < -0.3 is 9.84 Å². The molecule has 1 N–H and O–H groups in total. The third-order valence-corrected chi connectivity index (χ3v) is 4.06. The van der Waals surface area contributed by atoms with Gasteiger partial charge in [-0.2, -0.15) is 4.98 Å².